The predicted molar refractivity (Wildman–Crippen MR) is 109 cm³/mol. The van der Waals surface area contributed by atoms with Crippen LogP contribution in [-0.2, 0) is 6.42 Å². The molecule has 0 unspecified atom stereocenters. The normalized spacial score (nSPS) is 11.4. The Bertz CT molecular complexity index is 842. The Morgan fingerprint density at radius 3 is 2.56 bits per heavy atom. The van der Waals surface area contributed by atoms with Gasteiger partial charge in [-0.2, -0.15) is 5.10 Å². The van der Waals surface area contributed by atoms with Crippen LogP contribution in [0.5, 0.6) is 5.75 Å². The second-order valence-corrected chi connectivity index (χ2v) is 6.53. The number of unbranched alkanes of at least 4 members (excludes halogenated alkanes) is 1. The van der Waals surface area contributed by atoms with E-state index >= 15 is 0 Å². The number of imidazole rings is 1. The molecule has 0 aliphatic carbocycles. The summed E-state index contributed by atoms with van der Waals surface area (Å²) >= 11 is 0. The van der Waals surface area contributed by atoms with E-state index in [2.05, 4.69) is 40.4 Å². The molecule has 5 nitrogen and oxygen atoms in total. The van der Waals surface area contributed by atoms with Gasteiger partial charge in [0.05, 0.1) is 12.2 Å². The van der Waals surface area contributed by atoms with Gasteiger partial charge in [-0.3, -0.25) is 4.57 Å². The maximum atomic E-state index is 6.10. The molecule has 3 aromatic rings. The number of ether oxygens (including phenoxy) is 1. The van der Waals surface area contributed by atoms with Crippen LogP contribution in [0.25, 0.3) is 0 Å². The van der Waals surface area contributed by atoms with Crippen molar-refractivity contribution in [1.82, 2.24) is 14.6 Å². The maximum Gasteiger partial charge on any atom is 0.168 e. The molecule has 0 radical (unpaired) electrons. The van der Waals surface area contributed by atoms with Crippen molar-refractivity contribution >= 4 is 5.84 Å². The summed E-state index contributed by atoms with van der Waals surface area (Å²) in [6.45, 7) is 0.684. The minimum Gasteiger partial charge on any atom is -0.493 e. The summed E-state index contributed by atoms with van der Waals surface area (Å²) < 4.78 is 8.00. The average molecular weight is 362 g/mol. The molecule has 0 saturated heterocycles. The lowest BCUT2D eigenvalue weighted by Gasteiger charge is -2.16. The van der Waals surface area contributed by atoms with Crippen molar-refractivity contribution in [1.29, 1.82) is 0 Å². The standard InChI is InChI=1S/C22H26N4O/c1-25(2)24-22(26-16-15-23-18-26)20-13-6-7-14-21(20)27-17-9-8-12-19-10-4-3-5-11-19/h3-7,10-11,13-16,18H,8-9,12,17H2,1-2H3. The minimum absolute atomic E-state index is 0.684. The van der Waals surface area contributed by atoms with Crippen molar-refractivity contribution < 1.29 is 4.74 Å². The zero-order valence-electron chi connectivity index (χ0n) is 16.0. The topological polar surface area (TPSA) is 42.6 Å². The Hall–Kier alpha value is -3.08. The third-order valence-electron chi connectivity index (χ3n) is 4.13. The zero-order chi connectivity index (χ0) is 18.9. The van der Waals surface area contributed by atoms with Crippen LogP contribution < -0.4 is 4.74 Å². The Labute approximate surface area is 160 Å². The van der Waals surface area contributed by atoms with Crippen LogP contribution in [0.4, 0.5) is 0 Å². The molecule has 0 N–H and O–H groups in total. The third-order valence-corrected chi connectivity index (χ3v) is 4.13. The third kappa shape index (κ3) is 5.45. The minimum atomic E-state index is 0.684. The van der Waals surface area contributed by atoms with E-state index in [9.17, 15) is 0 Å². The van der Waals surface area contributed by atoms with Crippen LogP contribution in [0.1, 0.15) is 24.0 Å². The highest BCUT2D eigenvalue weighted by atomic mass is 16.5. The first-order valence-electron chi connectivity index (χ1n) is 9.24. The molecule has 27 heavy (non-hydrogen) atoms. The van der Waals surface area contributed by atoms with Gasteiger partial charge in [-0.15, -0.1) is 0 Å². The lowest BCUT2D eigenvalue weighted by Crippen LogP contribution is -2.18. The number of hydrogen-bond acceptors (Lipinski definition) is 4. The smallest absolute Gasteiger partial charge is 0.168 e. The van der Waals surface area contributed by atoms with Crippen LogP contribution in [-0.4, -0.2) is 41.1 Å². The Morgan fingerprint density at radius 2 is 1.81 bits per heavy atom. The molecular formula is C22H26N4O. The fourth-order valence-corrected chi connectivity index (χ4v) is 2.85. The number of para-hydroxylation sites is 1. The number of aryl methyl sites for hydroxylation is 1. The molecule has 0 fully saturated rings. The van der Waals surface area contributed by atoms with Crippen molar-refractivity contribution in [3.05, 3.63) is 84.4 Å². The summed E-state index contributed by atoms with van der Waals surface area (Å²) in [6.07, 6.45) is 8.57. The van der Waals surface area contributed by atoms with Gasteiger partial charge in [0, 0.05) is 26.5 Å². The lowest BCUT2D eigenvalue weighted by atomic mass is 10.1. The molecule has 140 valence electrons. The molecular weight excluding hydrogens is 336 g/mol. The van der Waals surface area contributed by atoms with Gasteiger partial charge in [-0.05, 0) is 37.0 Å². The molecule has 0 aliphatic rings. The first-order valence-corrected chi connectivity index (χ1v) is 9.24. The SMILES string of the molecule is CN(C)N=C(c1ccccc1OCCCCc1ccccc1)n1ccnc1. The van der Waals surface area contributed by atoms with E-state index in [-0.39, 0.29) is 0 Å². The first-order chi connectivity index (χ1) is 13.2. The van der Waals surface area contributed by atoms with Gasteiger partial charge >= 0.3 is 0 Å². The molecule has 0 amide bonds. The van der Waals surface area contributed by atoms with Crippen LogP contribution in [0.15, 0.2) is 78.4 Å². The van der Waals surface area contributed by atoms with E-state index in [1.165, 1.54) is 5.56 Å². The Kier molecular flexibility index (Phi) is 6.63. The van der Waals surface area contributed by atoms with E-state index in [1.54, 1.807) is 17.5 Å². The second-order valence-electron chi connectivity index (χ2n) is 6.53. The van der Waals surface area contributed by atoms with Gasteiger partial charge in [0.15, 0.2) is 5.84 Å². The van der Waals surface area contributed by atoms with E-state index in [0.29, 0.717) is 6.61 Å². The molecule has 0 spiro atoms. The Morgan fingerprint density at radius 1 is 1.04 bits per heavy atom. The molecule has 2 aromatic carbocycles. The second kappa shape index (κ2) is 9.57. The first kappa shape index (κ1) is 18.7. The van der Waals surface area contributed by atoms with Gasteiger partial charge in [-0.25, -0.2) is 4.98 Å². The number of hydrogen-bond donors (Lipinski definition) is 0. The van der Waals surface area contributed by atoms with Crippen LogP contribution in [0.3, 0.4) is 0 Å². The number of hydrazone groups is 1. The van der Waals surface area contributed by atoms with Gasteiger partial charge in [0.2, 0.25) is 0 Å². The molecule has 5 heteroatoms. The Balaban J connectivity index is 1.64. The molecule has 1 heterocycles. The number of benzene rings is 2. The quantitative estimate of drug-likeness (QED) is 0.263. The molecule has 0 saturated carbocycles. The highest BCUT2D eigenvalue weighted by Crippen LogP contribution is 2.20. The maximum absolute atomic E-state index is 6.10. The molecule has 0 aliphatic heterocycles. The largest absolute Gasteiger partial charge is 0.493 e. The van der Waals surface area contributed by atoms with Crippen molar-refractivity contribution in [3.63, 3.8) is 0 Å². The number of aromatic nitrogens is 2. The number of nitrogens with zero attached hydrogens (tertiary/aromatic N) is 4. The molecule has 1 aromatic heterocycles. The van der Waals surface area contributed by atoms with Crippen LogP contribution in [0.2, 0.25) is 0 Å². The van der Waals surface area contributed by atoms with Gasteiger partial charge in [0.1, 0.15) is 12.1 Å². The fraction of sp³-hybridized carbons (Fsp3) is 0.273. The summed E-state index contributed by atoms with van der Waals surface area (Å²) in [6, 6.07) is 18.6. The van der Waals surface area contributed by atoms with Crippen LogP contribution >= 0.6 is 0 Å². The summed E-state index contributed by atoms with van der Waals surface area (Å²) in [4.78, 5) is 4.14. The van der Waals surface area contributed by atoms with Crippen molar-refractivity contribution in [2.45, 2.75) is 19.3 Å². The highest BCUT2D eigenvalue weighted by Gasteiger charge is 2.13. The van der Waals surface area contributed by atoms with E-state index in [1.807, 2.05) is 49.1 Å². The van der Waals surface area contributed by atoms with E-state index in [0.717, 1.165) is 36.4 Å². The molecule has 3 rings (SSSR count). The van der Waals surface area contributed by atoms with E-state index in [4.69, 9.17) is 4.74 Å². The van der Waals surface area contributed by atoms with E-state index < -0.39 is 0 Å². The fourth-order valence-electron chi connectivity index (χ4n) is 2.85. The predicted octanol–water partition coefficient (Wildman–Crippen LogP) is 4.06. The van der Waals surface area contributed by atoms with Gasteiger partial charge in [-0.1, -0.05) is 42.5 Å². The number of rotatable bonds is 8. The van der Waals surface area contributed by atoms with Gasteiger partial charge < -0.3 is 9.75 Å². The van der Waals surface area contributed by atoms with Gasteiger partial charge in [0.25, 0.3) is 0 Å². The summed E-state index contributed by atoms with van der Waals surface area (Å²) in [5.41, 5.74) is 2.32. The van der Waals surface area contributed by atoms with Crippen molar-refractivity contribution in [3.8, 4) is 5.75 Å². The average Bonchev–Trinajstić information content (AvgIpc) is 3.21. The van der Waals surface area contributed by atoms with Crippen molar-refractivity contribution in [2.24, 2.45) is 5.10 Å². The highest BCUT2D eigenvalue weighted by molar-refractivity contribution is 6.02. The summed E-state index contributed by atoms with van der Waals surface area (Å²) in [5.74, 6) is 1.63. The molecule has 0 atom stereocenters. The lowest BCUT2D eigenvalue weighted by molar-refractivity contribution is 0.306. The summed E-state index contributed by atoms with van der Waals surface area (Å²) in [5, 5.41) is 6.41. The summed E-state index contributed by atoms with van der Waals surface area (Å²) in [7, 11) is 3.81. The monoisotopic (exact) mass is 362 g/mol. The zero-order valence-corrected chi connectivity index (χ0v) is 16.0. The van der Waals surface area contributed by atoms with Crippen LogP contribution in [0, 0.1) is 0 Å². The molecule has 0 bridgehead atoms. The van der Waals surface area contributed by atoms with Crippen molar-refractivity contribution in [2.75, 3.05) is 20.7 Å².